The third-order valence-corrected chi connectivity index (χ3v) is 6.58. The topological polar surface area (TPSA) is 121 Å². The van der Waals surface area contributed by atoms with Gasteiger partial charge in [0.1, 0.15) is 23.3 Å². The number of rotatable bonds is 10. The maximum atomic E-state index is 13.4. The summed E-state index contributed by atoms with van der Waals surface area (Å²) in [6.45, 7) is 3.48. The minimum absolute atomic E-state index is 0.0206. The summed E-state index contributed by atoms with van der Waals surface area (Å²) in [6.07, 6.45) is 3.36. The van der Waals surface area contributed by atoms with Crippen molar-refractivity contribution in [3.8, 4) is 17.2 Å². The number of carbonyl (C=O) groups excluding carboxylic acids is 1. The van der Waals surface area contributed by atoms with Crippen molar-refractivity contribution in [3.05, 3.63) is 70.4 Å². The number of aromatic nitrogens is 4. The van der Waals surface area contributed by atoms with E-state index in [1.165, 1.54) is 16.9 Å². The molecule has 0 radical (unpaired) electrons. The van der Waals surface area contributed by atoms with Crippen molar-refractivity contribution in [2.45, 2.75) is 57.5 Å². The van der Waals surface area contributed by atoms with E-state index >= 15 is 0 Å². The van der Waals surface area contributed by atoms with Crippen LogP contribution in [-0.4, -0.2) is 36.9 Å². The molecule has 40 heavy (non-hydrogen) atoms. The lowest BCUT2D eigenvalue weighted by molar-refractivity contribution is -0.274. The van der Waals surface area contributed by atoms with Crippen LogP contribution in [0.3, 0.4) is 0 Å². The molecule has 10 nitrogen and oxygen atoms in total. The molecule has 14 heteroatoms. The molecule has 2 aromatic heterocycles. The first kappa shape index (κ1) is 29.0. The van der Waals surface area contributed by atoms with Gasteiger partial charge in [-0.25, -0.2) is 4.68 Å². The largest absolute Gasteiger partial charge is 0.573 e. The van der Waals surface area contributed by atoms with Crippen molar-refractivity contribution in [2.75, 3.05) is 5.32 Å². The SMILES string of the molecule is C=C(O)Cn1ccc(NC(=O)C(CC2CCCCC2)n2ncc(Oc3ccc(OC(F)(F)F)cc3Cl)cc2=O)n1. The van der Waals surface area contributed by atoms with Gasteiger partial charge in [0.15, 0.2) is 11.6 Å². The number of amides is 1. The van der Waals surface area contributed by atoms with E-state index in [2.05, 4.69) is 26.8 Å². The predicted molar refractivity (Wildman–Crippen MR) is 140 cm³/mol. The third-order valence-electron chi connectivity index (χ3n) is 6.28. The number of hydrogen-bond donors (Lipinski definition) is 2. The van der Waals surface area contributed by atoms with E-state index < -0.39 is 29.6 Å². The zero-order chi connectivity index (χ0) is 28.9. The Morgan fingerprint density at radius 1 is 1.20 bits per heavy atom. The summed E-state index contributed by atoms with van der Waals surface area (Å²) < 4.78 is 49.2. The first-order valence-electron chi connectivity index (χ1n) is 12.5. The molecule has 1 aliphatic rings. The summed E-state index contributed by atoms with van der Waals surface area (Å²) in [5.41, 5.74) is -0.622. The zero-order valence-corrected chi connectivity index (χ0v) is 22.0. The number of anilines is 1. The first-order valence-corrected chi connectivity index (χ1v) is 12.9. The highest BCUT2D eigenvalue weighted by molar-refractivity contribution is 6.32. The Balaban J connectivity index is 1.53. The van der Waals surface area contributed by atoms with Crippen LogP contribution in [0.1, 0.15) is 44.6 Å². The van der Waals surface area contributed by atoms with E-state index in [0.717, 1.165) is 55.0 Å². The van der Waals surface area contributed by atoms with Gasteiger partial charge in [-0.3, -0.25) is 14.3 Å². The number of aliphatic hydroxyl groups excluding tert-OH is 1. The van der Waals surface area contributed by atoms with Crippen molar-refractivity contribution in [2.24, 2.45) is 5.92 Å². The molecule has 1 aromatic carbocycles. The maximum absolute atomic E-state index is 13.4. The van der Waals surface area contributed by atoms with Crippen molar-refractivity contribution in [1.82, 2.24) is 19.6 Å². The van der Waals surface area contributed by atoms with E-state index in [1.807, 2.05) is 0 Å². The van der Waals surface area contributed by atoms with Gasteiger partial charge in [-0.2, -0.15) is 10.2 Å². The highest BCUT2D eigenvalue weighted by Crippen LogP contribution is 2.34. The second kappa shape index (κ2) is 12.5. The van der Waals surface area contributed by atoms with Gasteiger partial charge < -0.3 is 19.9 Å². The molecule has 3 aromatic rings. The molecule has 214 valence electrons. The normalized spacial score (nSPS) is 14.9. The van der Waals surface area contributed by atoms with Crippen LogP contribution in [0.2, 0.25) is 5.02 Å². The van der Waals surface area contributed by atoms with Crippen LogP contribution < -0.4 is 20.3 Å². The summed E-state index contributed by atoms with van der Waals surface area (Å²) in [5, 5.41) is 20.3. The van der Waals surface area contributed by atoms with E-state index in [4.69, 9.17) is 16.3 Å². The fraction of sp³-hybridized carbons (Fsp3) is 0.385. The highest BCUT2D eigenvalue weighted by Gasteiger charge is 2.31. The first-order chi connectivity index (χ1) is 19.0. The van der Waals surface area contributed by atoms with Gasteiger partial charge in [-0.1, -0.05) is 50.3 Å². The third kappa shape index (κ3) is 8.01. The molecule has 4 rings (SSSR count). The quantitative estimate of drug-likeness (QED) is 0.281. The monoisotopic (exact) mass is 581 g/mol. The summed E-state index contributed by atoms with van der Waals surface area (Å²) >= 11 is 6.03. The van der Waals surface area contributed by atoms with Crippen molar-refractivity contribution in [3.63, 3.8) is 0 Å². The molecular weight excluding hydrogens is 555 g/mol. The second-order valence-corrected chi connectivity index (χ2v) is 9.83. The second-order valence-electron chi connectivity index (χ2n) is 9.43. The van der Waals surface area contributed by atoms with Crippen LogP contribution in [-0.2, 0) is 11.3 Å². The molecule has 1 fully saturated rings. The molecule has 1 saturated carbocycles. The molecule has 0 spiro atoms. The van der Waals surface area contributed by atoms with E-state index in [-0.39, 0.29) is 40.6 Å². The average molecular weight is 582 g/mol. The smallest absolute Gasteiger partial charge is 0.511 e. The van der Waals surface area contributed by atoms with E-state index in [9.17, 15) is 27.9 Å². The zero-order valence-electron chi connectivity index (χ0n) is 21.2. The van der Waals surface area contributed by atoms with Crippen LogP contribution in [0.4, 0.5) is 19.0 Å². The van der Waals surface area contributed by atoms with Gasteiger partial charge in [0, 0.05) is 24.4 Å². The lowest BCUT2D eigenvalue weighted by Gasteiger charge is -2.26. The Labute approximate surface area is 232 Å². The standard InChI is InChI=1S/C26H27ClF3N5O5/c1-16(36)15-34-10-9-23(33-34)32-25(38)21(11-17-5-3-2-4-6-17)35-24(37)13-19(14-31-35)39-22-8-7-18(12-20(22)27)40-26(28,29)30/h7-10,12-14,17,21,36H,1-6,11,15H2,(H,32,33,38). The highest BCUT2D eigenvalue weighted by atomic mass is 35.5. The number of halogens is 4. The molecule has 1 aliphatic carbocycles. The van der Waals surface area contributed by atoms with Gasteiger partial charge in [-0.05, 0) is 24.5 Å². The van der Waals surface area contributed by atoms with Crippen molar-refractivity contribution in [1.29, 1.82) is 0 Å². The molecule has 1 unspecified atom stereocenters. The lowest BCUT2D eigenvalue weighted by atomic mass is 9.84. The number of nitrogens with one attached hydrogen (secondary N) is 1. The Bertz CT molecular complexity index is 1420. The van der Waals surface area contributed by atoms with Crippen LogP contribution in [0.5, 0.6) is 17.2 Å². The number of nitrogens with zero attached hydrogens (tertiary/aromatic N) is 4. The van der Waals surface area contributed by atoms with E-state index in [0.29, 0.717) is 6.42 Å². The van der Waals surface area contributed by atoms with Crippen molar-refractivity contribution >= 4 is 23.3 Å². The number of benzene rings is 1. The fourth-order valence-electron chi connectivity index (χ4n) is 4.55. The Morgan fingerprint density at radius 3 is 2.60 bits per heavy atom. The van der Waals surface area contributed by atoms with Gasteiger partial charge >= 0.3 is 6.36 Å². The number of aliphatic hydroxyl groups is 1. The van der Waals surface area contributed by atoms with Gasteiger partial charge in [-0.15, -0.1) is 13.2 Å². The molecule has 1 atom stereocenters. The summed E-state index contributed by atoms with van der Waals surface area (Å²) in [6, 6.07) is 4.85. The summed E-state index contributed by atoms with van der Waals surface area (Å²) in [7, 11) is 0. The van der Waals surface area contributed by atoms with Crippen molar-refractivity contribution < 1.29 is 32.5 Å². The maximum Gasteiger partial charge on any atom is 0.573 e. The van der Waals surface area contributed by atoms with E-state index in [1.54, 1.807) is 12.3 Å². The van der Waals surface area contributed by atoms with Crippen LogP contribution >= 0.6 is 11.6 Å². The van der Waals surface area contributed by atoms with Gasteiger partial charge in [0.05, 0.1) is 17.8 Å². The molecule has 2 heterocycles. The lowest BCUT2D eigenvalue weighted by Crippen LogP contribution is -2.36. The summed E-state index contributed by atoms with van der Waals surface area (Å²) in [5.74, 6) is -0.686. The fourth-order valence-corrected chi connectivity index (χ4v) is 4.76. The number of allylic oxidation sites excluding steroid dienone is 1. The molecule has 0 saturated heterocycles. The van der Waals surface area contributed by atoms with Crippen LogP contribution in [0, 0.1) is 5.92 Å². The van der Waals surface area contributed by atoms with Gasteiger partial charge in [0.2, 0.25) is 0 Å². The summed E-state index contributed by atoms with van der Waals surface area (Å²) in [4.78, 5) is 26.5. The molecular formula is C26H27ClF3N5O5. The average Bonchev–Trinajstić information content (AvgIpc) is 3.30. The number of hydrogen-bond acceptors (Lipinski definition) is 7. The van der Waals surface area contributed by atoms with Gasteiger partial charge in [0.25, 0.3) is 11.5 Å². The Kier molecular flexibility index (Phi) is 9.03. The number of ether oxygens (including phenoxy) is 2. The minimum Gasteiger partial charge on any atom is -0.511 e. The molecule has 0 bridgehead atoms. The van der Waals surface area contributed by atoms with Crippen LogP contribution in [0.25, 0.3) is 0 Å². The Morgan fingerprint density at radius 2 is 1.95 bits per heavy atom. The number of carbonyl (C=O) groups is 1. The minimum atomic E-state index is -4.88. The molecule has 2 N–H and O–H groups in total. The predicted octanol–water partition coefficient (Wildman–Crippen LogP) is 6.01. The van der Waals surface area contributed by atoms with Crippen LogP contribution in [0.15, 0.2) is 59.9 Å². The molecule has 0 aliphatic heterocycles. The molecule has 1 amide bonds. The Hall–Kier alpha value is -4.00. The number of alkyl halides is 3.